The maximum atomic E-state index is 6.67. The minimum atomic E-state index is -0.0424. The topological polar surface area (TPSA) is 61.6 Å². The molecule has 298 valence electrons. The van der Waals surface area contributed by atoms with Gasteiger partial charge in [0.1, 0.15) is 23.0 Å². The number of hydrogen-bond acceptors (Lipinski definition) is 4. The molecule has 0 N–H and O–H groups in total. The van der Waals surface area contributed by atoms with Gasteiger partial charge in [-0.1, -0.05) is 120 Å². The molecule has 0 fully saturated rings. The summed E-state index contributed by atoms with van der Waals surface area (Å²) in [6.07, 6.45) is 7.33. The van der Waals surface area contributed by atoms with Gasteiger partial charge in [0, 0.05) is 40.5 Å². The van der Waals surface area contributed by atoms with Crippen LogP contribution >= 0.6 is 0 Å². The van der Waals surface area contributed by atoms with Crippen LogP contribution in [0.3, 0.4) is 0 Å². The first kappa shape index (κ1) is 38.6. The molecule has 5 aromatic carbocycles. The molecular weight excluding hydrogens is 737 g/mol. The molecule has 0 aliphatic carbocycles. The third-order valence-electron chi connectivity index (χ3n) is 11.3. The molecule has 7 heteroatoms. The average Bonchev–Trinajstić information content (AvgIpc) is 3.81. The molecule has 9 rings (SSSR count). The van der Waals surface area contributed by atoms with Gasteiger partial charge in [-0.05, 0) is 119 Å². The molecule has 7 nitrogen and oxygen atoms in total. The van der Waals surface area contributed by atoms with Crippen LogP contribution < -0.4 is 9.30 Å². The van der Waals surface area contributed by atoms with Crippen LogP contribution in [-0.4, -0.2) is 24.3 Å². The van der Waals surface area contributed by atoms with Gasteiger partial charge in [0.05, 0.1) is 11.2 Å². The number of fused-ring (bicyclic) bond motifs is 3. The van der Waals surface area contributed by atoms with Crippen molar-refractivity contribution in [2.45, 2.75) is 73.1 Å². The summed E-state index contributed by atoms with van der Waals surface area (Å²) in [7, 11) is 0. The lowest BCUT2D eigenvalue weighted by atomic mass is 9.80. The Morgan fingerprint density at radius 3 is 2.03 bits per heavy atom. The lowest BCUT2D eigenvalue weighted by Gasteiger charge is -2.27. The molecule has 0 aliphatic heterocycles. The highest BCUT2D eigenvalue weighted by molar-refractivity contribution is 6.08. The number of aryl methyl sites for hydroxylation is 3. The predicted octanol–water partition coefficient (Wildman–Crippen LogP) is 12.5. The Bertz CT molecular complexity index is 3010. The molecule has 0 unspecified atom stereocenters. The molecule has 4 aromatic heterocycles. The summed E-state index contributed by atoms with van der Waals surface area (Å²) < 4.78 is 12.7. The SMILES string of the molecule is Cc1cc(C)c(-c2ccnc(-n3c4cc(Oc5cccc(-n6[c-][n+](-c7cc(C(C)(C)C)cc(C(C)(C)C)c7)c(-c7ccccc7)n6)c5)ccc4c4cccnc43)c2)c(C)c1. The van der Waals surface area contributed by atoms with E-state index in [9.17, 15) is 0 Å². The van der Waals surface area contributed by atoms with E-state index in [1.165, 1.54) is 33.4 Å². The molecule has 0 bridgehead atoms. The van der Waals surface area contributed by atoms with Crippen LogP contribution in [0.1, 0.15) is 69.4 Å². The lowest BCUT2D eigenvalue weighted by Crippen LogP contribution is -2.33. The third kappa shape index (κ3) is 7.25. The first-order chi connectivity index (χ1) is 28.7. The molecule has 0 amide bonds. The van der Waals surface area contributed by atoms with Crippen LogP contribution in [0.4, 0.5) is 0 Å². The zero-order valence-corrected chi connectivity index (χ0v) is 35.9. The van der Waals surface area contributed by atoms with Crippen molar-refractivity contribution in [3.05, 3.63) is 174 Å². The minimum absolute atomic E-state index is 0.0424. The maximum absolute atomic E-state index is 6.67. The highest BCUT2D eigenvalue weighted by Gasteiger charge is 2.23. The molecule has 0 saturated carbocycles. The van der Waals surface area contributed by atoms with E-state index in [0.29, 0.717) is 11.5 Å². The van der Waals surface area contributed by atoms with Crippen LogP contribution in [0.5, 0.6) is 11.5 Å². The smallest absolute Gasteiger partial charge is 0.231 e. The van der Waals surface area contributed by atoms with Crippen molar-refractivity contribution in [3.63, 3.8) is 0 Å². The summed E-state index contributed by atoms with van der Waals surface area (Å²) in [4.78, 5) is 9.75. The fraction of sp³-hybridized carbons (Fsp3) is 0.208. The number of benzene rings is 5. The second-order valence-corrected chi connectivity index (χ2v) is 18.0. The Kier molecular flexibility index (Phi) is 9.50. The maximum Gasteiger partial charge on any atom is 0.231 e. The van der Waals surface area contributed by atoms with Crippen molar-refractivity contribution in [1.29, 1.82) is 0 Å². The highest BCUT2D eigenvalue weighted by atomic mass is 16.5. The second-order valence-electron chi connectivity index (χ2n) is 18.0. The zero-order valence-electron chi connectivity index (χ0n) is 35.9. The number of ether oxygens (including phenoxy) is 1. The van der Waals surface area contributed by atoms with Crippen molar-refractivity contribution in [1.82, 2.24) is 24.3 Å². The van der Waals surface area contributed by atoms with Crippen LogP contribution in [0.15, 0.2) is 140 Å². The van der Waals surface area contributed by atoms with Crippen molar-refractivity contribution in [3.8, 4) is 51.2 Å². The van der Waals surface area contributed by atoms with Crippen molar-refractivity contribution in [2.75, 3.05) is 0 Å². The summed E-state index contributed by atoms with van der Waals surface area (Å²) in [5.74, 6) is 2.97. The zero-order chi connectivity index (χ0) is 41.9. The first-order valence-corrected chi connectivity index (χ1v) is 20.6. The van der Waals surface area contributed by atoms with Gasteiger partial charge in [0.15, 0.2) is 0 Å². The van der Waals surface area contributed by atoms with Gasteiger partial charge in [-0.15, -0.1) is 0 Å². The third-order valence-corrected chi connectivity index (χ3v) is 11.3. The summed E-state index contributed by atoms with van der Waals surface area (Å²) in [6.45, 7) is 20.1. The average molecular weight is 787 g/mol. The second kappa shape index (κ2) is 14.8. The van der Waals surface area contributed by atoms with Crippen molar-refractivity contribution >= 4 is 21.9 Å². The van der Waals surface area contributed by atoms with Gasteiger partial charge >= 0.3 is 0 Å². The van der Waals surface area contributed by atoms with E-state index < -0.39 is 0 Å². The van der Waals surface area contributed by atoms with E-state index in [1.807, 2.05) is 71.7 Å². The van der Waals surface area contributed by atoms with E-state index in [1.54, 1.807) is 0 Å². The highest BCUT2D eigenvalue weighted by Crippen LogP contribution is 2.37. The van der Waals surface area contributed by atoms with Gasteiger partial charge in [0.25, 0.3) is 0 Å². The molecule has 60 heavy (non-hydrogen) atoms. The van der Waals surface area contributed by atoms with Gasteiger partial charge in [0.2, 0.25) is 12.2 Å². The Hall–Kier alpha value is -6.86. The monoisotopic (exact) mass is 786 g/mol. The Balaban J connectivity index is 1.12. The van der Waals surface area contributed by atoms with Crippen molar-refractivity contribution in [2.24, 2.45) is 0 Å². The van der Waals surface area contributed by atoms with E-state index in [0.717, 1.165) is 56.1 Å². The van der Waals surface area contributed by atoms with Gasteiger partial charge in [-0.25, -0.2) is 9.97 Å². The van der Waals surface area contributed by atoms with Crippen LogP contribution in [0.2, 0.25) is 0 Å². The summed E-state index contributed by atoms with van der Waals surface area (Å²) in [6, 6.07) is 44.2. The molecule has 0 radical (unpaired) electrons. The van der Waals surface area contributed by atoms with E-state index in [2.05, 4.69) is 151 Å². The molecule has 0 aliphatic rings. The molecule has 4 heterocycles. The fourth-order valence-electron chi connectivity index (χ4n) is 8.25. The van der Waals surface area contributed by atoms with E-state index >= 15 is 0 Å². The first-order valence-electron chi connectivity index (χ1n) is 20.6. The molecule has 9 aromatic rings. The van der Waals surface area contributed by atoms with Gasteiger partial charge < -0.3 is 9.30 Å². The van der Waals surface area contributed by atoms with Crippen molar-refractivity contribution < 1.29 is 9.30 Å². The fourth-order valence-corrected chi connectivity index (χ4v) is 8.25. The predicted molar refractivity (Wildman–Crippen MR) is 243 cm³/mol. The Morgan fingerprint density at radius 2 is 1.32 bits per heavy atom. The number of hydrogen-bond donors (Lipinski definition) is 0. The molecule has 0 atom stereocenters. The lowest BCUT2D eigenvalue weighted by molar-refractivity contribution is -0.589. The van der Waals surface area contributed by atoms with Crippen LogP contribution in [0.25, 0.3) is 61.6 Å². The summed E-state index contributed by atoms with van der Waals surface area (Å²) >= 11 is 0. The molecule has 0 saturated heterocycles. The number of rotatable bonds is 7. The van der Waals surface area contributed by atoms with Crippen LogP contribution in [0, 0.1) is 27.1 Å². The van der Waals surface area contributed by atoms with Gasteiger partial charge in [-0.3, -0.25) is 4.57 Å². The molecule has 0 spiro atoms. The summed E-state index contributed by atoms with van der Waals surface area (Å²) in [5.41, 5.74) is 13.2. The Labute approximate surface area is 352 Å². The normalized spacial score (nSPS) is 12.1. The standard InChI is InChI=1S/C53H50N6O/c1-34-25-35(2)49(36(3)26-34)38-22-24-54-48(27-38)59-47-32-44(20-21-45(47)46-19-14-23-55-51(46)59)60-43-18-13-17-41(31-43)58-33-57(50(56-58)37-15-11-10-12-16-37)42-29-39(52(4,5)6)28-40(30-42)53(7,8)9/h10-32H,1-9H3. The van der Waals surface area contributed by atoms with E-state index in [-0.39, 0.29) is 10.8 Å². The minimum Gasteiger partial charge on any atom is -0.458 e. The van der Waals surface area contributed by atoms with Crippen LogP contribution in [-0.2, 0) is 10.8 Å². The molecular formula is C53H50N6O. The van der Waals surface area contributed by atoms with E-state index in [4.69, 9.17) is 19.8 Å². The van der Waals surface area contributed by atoms with Gasteiger partial charge in [-0.2, -0.15) is 4.68 Å². The summed E-state index contributed by atoms with van der Waals surface area (Å²) in [5, 5.41) is 7.29. The number of pyridine rings is 2. The quantitative estimate of drug-likeness (QED) is 0.119. The number of aromatic nitrogens is 6. The Morgan fingerprint density at radius 1 is 0.600 bits per heavy atom. The number of nitrogens with zero attached hydrogens (tertiary/aromatic N) is 6. The largest absolute Gasteiger partial charge is 0.458 e.